The molecule has 4 heteroatoms. The second kappa shape index (κ2) is 5.82. The lowest BCUT2D eigenvalue weighted by molar-refractivity contribution is 0.0657. The molecule has 0 aliphatic rings. The van der Waals surface area contributed by atoms with Gasteiger partial charge in [-0.1, -0.05) is 26.0 Å². The fourth-order valence-electron chi connectivity index (χ4n) is 1.93. The average Bonchev–Trinajstić information content (AvgIpc) is 2.78. The maximum absolute atomic E-state index is 10.9. The molecule has 0 spiro atoms. The normalized spacial score (nSPS) is 10.8. The Bertz CT molecular complexity index is 593. The first kappa shape index (κ1) is 14.2. The van der Waals surface area contributed by atoms with E-state index in [2.05, 4.69) is 13.8 Å². The third-order valence-electron chi connectivity index (χ3n) is 3.09. The average molecular weight is 274 g/mol. The summed E-state index contributed by atoms with van der Waals surface area (Å²) >= 11 is 0. The molecular formula is C16H18O4. The number of benzene rings is 1. The summed E-state index contributed by atoms with van der Waals surface area (Å²) in [6.45, 7) is 6.19. The highest BCUT2D eigenvalue weighted by atomic mass is 16.5. The predicted molar refractivity (Wildman–Crippen MR) is 75.3 cm³/mol. The molecule has 0 fully saturated rings. The summed E-state index contributed by atoms with van der Waals surface area (Å²) in [5.74, 6) is 0.636. The van der Waals surface area contributed by atoms with E-state index in [0.717, 1.165) is 5.75 Å². The Morgan fingerprint density at radius 2 is 1.95 bits per heavy atom. The van der Waals surface area contributed by atoms with Crippen LogP contribution >= 0.6 is 0 Å². The van der Waals surface area contributed by atoms with Gasteiger partial charge in [0.25, 0.3) is 0 Å². The van der Waals surface area contributed by atoms with E-state index in [9.17, 15) is 4.79 Å². The van der Waals surface area contributed by atoms with Crippen molar-refractivity contribution < 1.29 is 19.1 Å². The molecule has 2 aromatic rings. The third-order valence-corrected chi connectivity index (χ3v) is 3.09. The Morgan fingerprint density at radius 1 is 1.30 bits per heavy atom. The zero-order chi connectivity index (χ0) is 14.7. The molecule has 2 rings (SSSR count). The number of carbonyl (C=O) groups is 1. The third kappa shape index (κ3) is 3.20. The van der Waals surface area contributed by atoms with Crippen molar-refractivity contribution in [1.82, 2.24) is 0 Å². The van der Waals surface area contributed by atoms with Gasteiger partial charge >= 0.3 is 5.97 Å². The van der Waals surface area contributed by atoms with Crippen LogP contribution in [0.1, 0.15) is 47.2 Å². The fourth-order valence-corrected chi connectivity index (χ4v) is 1.93. The standard InChI is InChI=1S/C16H18O4/c1-10(2)12-4-6-13(7-5-12)19-9-14-8-11(3)15(20-14)16(17)18/h4-8,10H,9H2,1-3H3,(H,17,18). The van der Waals surface area contributed by atoms with Crippen molar-refractivity contribution in [1.29, 1.82) is 0 Å². The second-order valence-electron chi connectivity index (χ2n) is 5.04. The van der Waals surface area contributed by atoms with Gasteiger partial charge in [-0.3, -0.25) is 0 Å². The number of aromatic carboxylic acids is 1. The lowest BCUT2D eigenvalue weighted by Crippen LogP contribution is -1.96. The summed E-state index contributed by atoms with van der Waals surface area (Å²) in [7, 11) is 0. The molecule has 1 N–H and O–H groups in total. The van der Waals surface area contributed by atoms with Gasteiger partial charge in [0.2, 0.25) is 5.76 Å². The molecule has 4 nitrogen and oxygen atoms in total. The van der Waals surface area contributed by atoms with Gasteiger partial charge in [0.1, 0.15) is 18.1 Å². The molecule has 0 amide bonds. The second-order valence-corrected chi connectivity index (χ2v) is 5.04. The van der Waals surface area contributed by atoms with E-state index >= 15 is 0 Å². The highest BCUT2D eigenvalue weighted by molar-refractivity contribution is 5.86. The van der Waals surface area contributed by atoms with E-state index in [1.807, 2.05) is 24.3 Å². The number of carboxylic acid groups (broad SMARTS) is 1. The van der Waals surface area contributed by atoms with Crippen LogP contribution in [-0.4, -0.2) is 11.1 Å². The summed E-state index contributed by atoms with van der Waals surface area (Å²) in [5, 5.41) is 8.91. The SMILES string of the molecule is Cc1cc(COc2ccc(C(C)C)cc2)oc1C(=O)O. The van der Waals surface area contributed by atoms with Gasteiger partial charge in [-0.2, -0.15) is 0 Å². The minimum absolute atomic E-state index is 0.0289. The van der Waals surface area contributed by atoms with Gasteiger partial charge in [-0.05, 0) is 36.6 Å². The smallest absolute Gasteiger partial charge is 0.372 e. The van der Waals surface area contributed by atoms with Crippen molar-refractivity contribution in [2.45, 2.75) is 33.3 Å². The lowest BCUT2D eigenvalue weighted by Gasteiger charge is -2.07. The molecule has 0 saturated heterocycles. The molecule has 1 aromatic carbocycles. The van der Waals surface area contributed by atoms with Gasteiger partial charge in [-0.25, -0.2) is 4.79 Å². The maximum Gasteiger partial charge on any atom is 0.372 e. The van der Waals surface area contributed by atoms with Crippen LogP contribution < -0.4 is 4.74 Å². The summed E-state index contributed by atoms with van der Waals surface area (Å²) < 4.78 is 10.8. The monoisotopic (exact) mass is 274 g/mol. The topological polar surface area (TPSA) is 59.7 Å². The van der Waals surface area contributed by atoms with Crippen LogP contribution in [0.5, 0.6) is 5.75 Å². The minimum atomic E-state index is -1.06. The van der Waals surface area contributed by atoms with E-state index < -0.39 is 5.97 Å². The molecule has 1 aromatic heterocycles. The molecular weight excluding hydrogens is 256 g/mol. The lowest BCUT2D eigenvalue weighted by atomic mass is 10.0. The Balaban J connectivity index is 2.01. The summed E-state index contributed by atoms with van der Waals surface area (Å²) in [6, 6.07) is 9.55. The molecule has 0 aliphatic heterocycles. The number of ether oxygens (including phenoxy) is 1. The van der Waals surface area contributed by atoms with Gasteiger partial charge in [0.15, 0.2) is 0 Å². The van der Waals surface area contributed by atoms with Crippen LogP contribution in [0.3, 0.4) is 0 Å². The van der Waals surface area contributed by atoms with Crippen molar-refractivity contribution in [2.24, 2.45) is 0 Å². The van der Waals surface area contributed by atoms with E-state index in [0.29, 0.717) is 17.2 Å². The van der Waals surface area contributed by atoms with Crippen molar-refractivity contribution in [3.8, 4) is 5.75 Å². The quantitative estimate of drug-likeness (QED) is 0.895. The molecule has 0 bridgehead atoms. The summed E-state index contributed by atoms with van der Waals surface area (Å²) in [5.41, 5.74) is 1.85. The summed E-state index contributed by atoms with van der Waals surface area (Å²) in [6.07, 6.45) is 0. The Labute approximate surface area is 118 Å². The van der Waals surface area contributed by atoms with Crippen molar-refractivity contribution in [3.05, 3.63) is 53.0 Å². The zero-order valence-corrected chi connectivity index (χ0v) is 11.8. The Morgan fingerprint density at radius 3 is 2.45 bits per heavy atom. The largest absolute Gasteiger partial charge is 0.486 e. The van der Waals surface area contributed by atoms with Crippen LogP contribution in [0, 0.1) is 6.92 Å². The van der Waals surface area contributed by atoms with E-state index in [-0.39, 0.29) is 12.4 Å². The van der Waals surface area contributed by atoms with Crippen LogP contribution in [0.15, 0.2) is 34.7 Å². The number of aryl methyl sites for hydroxylation is 1. The molecule has 0 saturated carbocycles. The minimum Gasteiger partial charge on any atom is -0.486 e. The first-order chi connectivity index (χ1) is 9.47. The first-order valence-electron chi connectivity index (χ1n) is 6.52. The van der Waals surface area contributed by atoms with Gasteiger partial charge in [0.05, 0.1) is 0 Å². The molecule has 106 valence electrons. The molecule has 20 heavy (non-hydrogen) atoms. The number of hydrogen-bond donors (Lipinski definition) is 1. The van der Waals surface area contributed by atoms with Crippen molar-refractivity contribution in [2.75, 3.05) is 0 Å². The maximum atomic E-state index is 10.9. The van der Waals surface area contributed by atoms with Crippen LogP contribution in [0.25, 0.3) is 0 Å². The molecule has 0 atom stereocenters. The summed E-state index contributed by atoms with van der Waals surface area (Å²) in [4.78, 5) is 10.9. The number of furan rings is 1. The van der Waals surface area contributed by atoms with Gasteiger partial charge < -0.3 is 14.3 Å². The van der Waals surface area contributed by atoms with E-state index in [4.69, 9.17) is 14.3 Å². The van der Waals surface area contributed by atoms with Crippen molar-refractivity contribution in [3.63, 3.8) is 0 Å². The highest BCUT2D eigenvalue weighted by Crippen LogP contribution is 2.21. The number of hydrogen-bond acceptors (Lipinski definition) is 3. The van der Waals surface area contributed by atoms with Crippen molar-refractivity contribution >= 4 is 5.97 Å². The Kier molecular flexibility index (Phi) is 4.13. The highest BCUT2D eigenvalue weighted by Gasteiger charge is 2.14. The number of rotatable bonds is 5. The fraction of sp³-hybridized carbons (Fsp3) is 0.312. The Hall–Kier alpha value is -2.23. The van der Waals surface area contributed by atoms with E-state index in [1.165, 1.54) is 5.56 Å². The first-order valence-corrected chi connectivity index (χ1v) is 6.52. The molecule has 0 radical (unpaired) electrons. The predicted octanol–water partition coefficient (Wildman–Crippen LogP) is 3.99. The zero-order valence-electron chi connectivity index (χ0n) is 11.8. The molecule has 0 unspecified atom stereocenters. The molecule has 0 aliphatic carbocycles. The van der Waals surface area contributed by atoms with E-state index in [1.54, 1.807) is 13.0 Å². The van der Waals surface area contributed by atoms with Gasteiger partial charge in [-0.15, -0.1) is 0 Å². The van der Waals surface area contributed by atoms with Crippen LogP contribution in [-0.2, 0) is 6.61 Å². The van der Waals surface area contributed by atoms with Gasteiger partial charge in [0, 0.05) is 5.56 Å². The van der Waals surface area contributed by atoms with Crippen LogP contribution in [0.2, 0.25) is 0 Å². The number of carboxylic acids is 1. The molecule has 1 heterocycles. The van der Waals surface area contributed by atoms with Crippen LogP contribution in [0.4, 0.5) is 0 Å².